The Hall–Kier alpha value is -1.52. The molecule has 0 aliphatic carbocycles. The topological polar surface area (TPSA) is 70.9 Å². The Balaban J connectivity index is 0.000000980. The van der Waals surface area contributed by atoms with E-state index in [0.29, 0.717) is 5.69 Å². The van der Waals surface area contributed by atoms with Crippen LogP contribution in [0.4, 0.5) is 0 Å². The van der Waals surface area contributed by atoms with Gasteiger partial charge in [0.25, 0.3) is 5.91 Å². The molecule has 1 amide bonds. The molecule has 0 atom stereocenters. The van der Waals surface area contributed by atoms with Crippen LogP contribution in [0.5, 0.6) is 0 Å². The van der Waals surface area contributed by atoms with Gasteiger partial charge in [-0.1, -0.05) is 18.2 Å². The molecule has 0 spiro atoms. The maximum atomic E-state index is 11.1. The van der Waals surface area contributed by atoms with E-state index in [9.17, 15) is 4.79 Å². The lowest BCUT2D eigenvalue weighted by atomic mass is 10.2. The number of carbonyl (C=O) groups excluding carboxylic acids is 1. The van der Waals surface area contributed by atoms with Crippen molar-refractivity contribution < 1.29 is 4.79 Å². The lowest BCUT2D eigenvalue weighted by molar-refractivity contribution is 0.0949. The first-order chi connectivity index (χ1) is 6.31. The van der Waals surface area contributed by atoms with Crippen LogP contribution < -0.4 is 11.3 Å². The second-order valence-corrected chi connectivity index (χ2v) is 2.74. The number of halogens is 1. The number of aromatic nitrogens is 1. The highest BCUT2D eigenvalue weighted by atomic mass is 35.5. The quantitative estimate of drug-likeness (QED) is 0.377. The van der Waals surface area contributed by atoms with E-state index in [1.807, 2.05) is 24.3 Å². The van der Waals surface area contributed by atoms with Crippen molar-refractivity contribution in [2.24, 2.45) is 5.84 Å². The number of nitrogens with two attached hydrogens (primary N) is 1. The van der Waals surface area contributed by atoms with Crippen LogP contribution in [0.15, 0.2) is 30.3 Å². The van der Waals surface area contributed by atoms with E-state index in [2.05, 4.69) is 10.4 Å². The zero-order valence-corrected chi connectivity index (χ0v) is 8.10. The Bertz CT molecular complexity index is 419. The smallest absolute Gasteiger partial charge is 0.281 e. The van der Waals surface area contributed by atoms with E-state index in [4.69, 9.17) is 5.84 Å². The van der Waals surface area contributed by atoms with Gasteiger partial charge in [0.1, 0.15) is 5.69 Å². The number of hydrazine groups is 1. The molecule has 2 rings (SSSR count). The monoisotopic (exact) mass is 211 g/mol. The van der Waals surface area contributed by atoms with E-state index < -0.39 is 0 Å². The summed E-state index contributed by atoms with van der Waals surface area (Å²) >= 11 is 0. The van der Waals surface area contributed by atoms with Crippen molar-refractivity contribution in [2.75, 3.05) is 0 Å². The van der Waals surface area contributed by atoms with Gasteiger partial charge in [0.05, 0.1) is 0 Å². The summed E-state index contributed by atoms with van der Waals surface area (Å²) in [5.41, 5.74) is 3.48. The minimum Gasteiger partial charge on any atom is -0.350 e. The minimum absolute atomic E-state index is 0. The number of para-hydroxylation sites is 1. The average molecular weight is 212 g/mol. The van der Waals surface area contributed by atoms with Gasteiger partial charge in [-0.2, -0.15) is 0 Å². The summed E-state index contributed by atoms with van der Waals surface area (Å²) in [6.45, 7) is 0. The molecule has 4 N–H and O–H groups in total. The third-order valence-corrected chi connectivity index (χ3v) is 1.91. The molecule has 1 aromatic carbocycles. The molecule has 1 aromatic heterocycles. The van der Waals surface area contributed by atoms with Crippen LogP contribution in [0.1, 0.15) is 10.5 Å². The maximum absolute atomic E-state index is 11.1. The van der Waals surface area contributed by atoms with Gasteiger partial charge in [-0.15, -0.1) is 12.4 Å². The molecule has 0 bridgehead atoms. The molecule has 0 saturated heterocycles. The summed E-state index contributed by atoms with van der Waals surface area (Å²) in [6.07, 6.45) is 0. The number of H-pyrrole nitrogens is 1. The standard InChI is InChI=1S/C9H9N3O.ClH/c10-12-9(13)8-5-6-3-1-2-4-7(6)11-8;/h1-5,11H,10H2,(H,12,13);1H. The van der Waals surface area contributed by atoms with E-state index in [1.165, 1.54) is 0 Å². The Morgan fingerprint density at radius 1 is 1.36 bits per heavy atom. The number of fused-ring (bicyclic) bond motifs is 1. The molecule has 0 aliphatic rings. The molecule has 74 valence electrons. The fourth-order valence-corrected chi connectivity index (χ4v) is 1.27. The Morgan fingerprint density at radius 3 is 2.71 bits per heavy atom. The summed E-state index contributed by atoms with van der Waals surface area (Å²) in [5, 5.41) is 1.00. The van der Waals surface area contributed by atoms with Gasteiger partial charge < -0.3 is 4.98 Å². The maximum Gasteiger partial charge on any atom is 0.281 e. The second-order valence-electron chi connectivity index (χ2n) is 2.74. The number of nitrogens with one attached hydrogen (secondary N) is 2. The van der Waals surface area contributed by atoms with Crippen LogP contribution in [-0.2, 0) is 0 Å². The third-order valence-electron chi connectivity index (χ3n) is 1.91. The Morgan fingerprint density at radius 2 is 2.07 bits per heavy atom. The first kappa shape index (κ1) is 10.6. The summed E-state index contributed by atoms with van der Waals surface area (Å²) in [5.74, 6) is 4.70. The van der Waals surface area contributed by atoms with E-state index in [-0.39, 0.29) is 18.3 Å². The fourth-order valence-electron chi connectivity index (χ4n) is 1.27. The summed E-state index contributed by atoms with van der Waals surface area (Å²) < 4.78 is 0. The highest BCUT2D eigenvalue weighted by Gasteiger charge is 2.06. The molecule has 2 aromatic rings. The van der Waals surface area contributed by atoms with Crippen molar-refractivity contribution in [3.8, 4) is 0 Å². The zero-order valence-electron chi connectivity index (χ0n) is 7.28. The lowest BCUT2D eigenvalue weighted by Gasteiger charge is -1.92. The predicted octanol–water partition coefficient (Wildman–Crippen LogP) is 1.19. The van der Waals surface area contributed by atoms with E-state index >= 15 is 0 Å². The van der Waals surface area contributed by atoms with Crippen LogP contribution >= 0.6 is 12.4 Å². The molecule has 0 aliphatic heterocycles. The molecule has 0 unspecified atom stereocenters. The Labute approximate surface area is 86.9 Å². The van der Waals surface area contributed by atoms with Gasteiger partial charge in [0.15, 0.2) is 0 Å². The summed E-state index contributed by atoms with van der Waals surface area (Å²) in [7, 11) is 0. The van der Waals surface area contributed by atoms with Crippen molar-refractivity contribution in [1.82, 2.24) is 10.4 Å². The SMILES string of the molecule is Cl.NNC(=O)c1cc2ccccc2[nH]1. The minimum atomic E-state index is -0.309. The summed E-state index contributed by atoms with van der Waals surface area (Å²) in [4.78, 5) is 14.1. The zero-order chi connectivity index (χ0) is 9.26. The van der Waals surface area contributed by atoms with Crippen molar-refractivity contribution in [3.63, 3.8) is 0 Å². The second kappa shape index (κ2) is 4.13. The molecule has 5 heteroatoms. The number of amides is 1. The highest BCUT2D eigenvalue weighted by molar-refractivity contribution is 5.97. The molecular formula is C9H10ClN3O. The van der Waals surface area contributed by atoms with Crippen LogP contribution in [0.3, 0.4) is 0 Å². The first-order valence-corrected chi connectivity index (χ1v) is 3.90. The number of hydrogen-bond acceptors (Lipinski definition) is 2. The van der Waals surface area contributed by atoms with Gasteiger partial charge in [-0.3, -0.25) is 10.2 Å². The van der Waals surface area contributed by atoms with Crippen LogP contribution in [-0.4, -0.2) is 10.9 Å². The molecule has 0 fully saturated rings. The van der Waals surface area contributed by atoms with E-state index in [0.717, 1.165) is 10.9 Å². The van der Waals surface area contributed by atoms with Crippen LogP contribution in [0.2, 0.25) is 0 Å². The van der Waals surface area contributed by atoms with Crippen LogP contribution in [0, 0.1) is 0 Å². The number of aromatic amines is 1. The number of benzene rings is 1. The molecular weight excluding hydrogens is 202 g/mol. The van der Waals surface area contributed by atoms with Crippen molar-refractivity contribution in [3.05, 3.63) is 36.0 Å². The van der Waals surface area contributed by atoms with E-state index in [1.54, 1.807) is 6.07 Å². The normalized spacial score (nSPS) is 9.50. The summed E-state index contributed by atoms with van der Waals surface area (Å²) in [6, 6.07) is 9.42. The number of carbonyl (C=O) groups is 1. The molecule has 0 saturated carbocycles. The fraction of sp³-hybridized carbons (Fsp3) is 0. The Kier molecular flexibility index (Phi) is 3.11. The largest absolute Gasteiger partial charge is 0.350 e. The third kappa shape index (κ3) is 1.71. The molecule has 0 radical (unpaired) electrons. The van der Waals surface area contributed by atoms with Gasteiger partial charge in [0, 0.05) is 10.9 Å². The number of nitrogen functional groups attached to an aromatic ring is 1. The number of hydrogen-bond donors (Lipinski definition) is 3. The van der Waals surface area contributed by atoms with Crippen molar-refractivity contribution in [1.29, 1.82) is 0 Å². The average Bonchev–Trinajstić information content (AvgIpc) is 2.59. The van der Waals surface area contributed by atoms with Gasteiger partial charge in [0.2, 0.25) is 0 Å². The van der Waals surface area contributed by atoms with Gasteiger partial charge in [-0.25, -0.2) is 5.84 Å². The van der Waals surface area contributed by atoms with Crippen LogP contribution in [0.25, 0.3) is 10.9 Å². The number of rotatable bonds is 1. The molecule has 1 heterocycles. The predicted molar refractivity (Wildman–Crippen MR) is 57.2 cm³/mol. The molecule has 14 heavy (non-hydrogen) atoms. The van der Waals surface area contributed by atoms with Crippen molar-refractivity contribution in [2.45, 2.75) is 0 Å². The lowest BCUT2D eigenvalue weighted by Crippen LogP contribution is -2.30. The highest BCUT2D eigenvalue weighted by Crippen LogP contribution is 2.13. The van der Waals surface area contributed by atoms with Gasteiger partial charge in [-0.05, 0) is 12.1 Å². The molecule has 4 nitrogen and oxygen atoms in total. The van der Waals surface area contributed by atoms with Gasteiger partial charge >= 0.3 is 0 Å². The first-order valence-electron chi connectivity index (χ1n) is 3.90. The van der Waals surface area contributed by atoms with Crippen molar-refractivity contribution >= 4 is 29.2 Å².